The maximum atomic E-state index is 14.4. The van der Waals surface area contributed by atoms with Crippen LogP contribution in [0.3, 0.4) is 0 Å². The molecule has 0 unspecified atom stereocenters. The topological polar surface area (TPSA) is 135 Å². The van der Waals surface area contributed by atoms with Gasteiger partial charge in [-0.05, 0) is 82.0 Å². The van der Waals surface area contributed by atoms with Gasteiger partial charge in [0.2, 0.25) is 5.28 Å². The van der Waals surface area contributed by atoms with Crippen LogP contribution in [-0.4, -0.2) is 67.8 Å². The first-order chi connectivity index (χ1) is 21.3. The molecule has 0 saturated carbocycles. The number of likely N-dealkylation sites (tertiary alicyclic amines) is 1. The van der Waals surface area contributed by atoms with E-state index in [0.29, 0.717) is 22.5 Å². The Bertz CT molecular complexity index is 1800. The van der Waals surface area contributed by atoms with Gasteiger partial charge in [-0.25, -0.2) is 24.2 Å². The van der Waals surface area contributed by atoms with Crippen LogP contribution in [0.2, 0.25) is 5.28 Å². The second-order valence-corrected chi connectivity index (χ2v) is 12.1. The van der Waals surface area contributed by atoms with Crippen LogP contribution >= 0.6 is 11.6 Å². The van der Waals surface area contributed by atoms with Crippen molar-refractivity contribution in [1.29, 1.82) is 0 Å². The molecule has 0 N–H and O–H groups in total. The lowest BCUT2D eigenvalue weighted by molar-refractivity contribution is -0.154. The van der Waals surface area contributed by atoms with E-state index in [9.17, 15) is 19.2 Å². The summed E-state index contributed by atoms with van der Waals surface area (Å²) >= 11 is 6.27. The van der Waals surface area contributed by atoms with Crippen molar-refractivity contribution in [3.05, 3.63) is 87.2 Å². The molecule has 1 aliphatic rings. The number of halogens is 1. The number of esters is 2. The summed E-state index contributed by atoms with van der Waals surface area (Å²) in [6, 6.07) is 15.6. The molecule has 1 fully saturated rings. The van der Waals surface area contributed by atoms with Crippen LogP contribution in [0, 0.1) is 6.92 Å². The summed E-state index contributed by atoms with van der Waals surface area (Å²) in [5.41, 5.74) is -0.351. The number of hydrogen-bond acceptors (Lipinski definition) is 9. The molecular formula is C32H34ClN5O7. The third-order valence-electron chi connectivity index (χ3n) is 7.64. The standard InChI is InChI=1S/C32H34ClN5O7/c1-20-24-25(35-28(33)34-20)38(32(27(40)43-5)15-17-36(18-16-32)30(42)45-31(2,3)4)29(41)37(24)23-13-11-22(12-14-23)26(39)44-19-21-9-7-6-8-10-21/h6-14H,15-19H2,1-5H3. The predicted molar refractivity (Wildman–Crippen MR) is 165 cm³/mol. The molecule has 45 heavy (non-hydrogen) atoms. The number of ether oxygens (including phenoxy) is 3. The number of imidazole rings is 1. The van der Waals surface area contributed by atoms with Gasteiger partial charge in [0.15, 0.2) is 11.2 Å². The summed E-state index contributed by atoms with van der Waals surface area (Å²) in [5, 5.41) is -0.103. The molecule has 0 aliphatic carbocycles. The molecule has 1 saturated heterocycles. The number of nitrogens with zero attached hydrogens (tertiary/aromatic N) is 5. The van der Waals surface area contributed by atoms with E-state index in [1.165, 1.54) is 21.1 Å². The van der Waals surface area contributed by atoms with Crippen LogP contribution in [0.25, 0.3) is 16.9 Å². The summed E-state index contributed by atoms with van der Waals surface area (Å²) in [7, 11) is 1.25. The highest BCUT2D eigenvalue weighted by atomic mass is 35.5. The number of piperidine rings is 1. The minimum absolute atomic E-state index is 0.0603. The molecule has 0 bridgehead atoms. The lowest BCUT2D eigenvalue weighted by Gasteiger charge is -2.40. The van der Waals surface area contributed by atoms with Gasteiger partial charge in [0.1, 0.15) is 17.7 Å². The first-order valence-corrected chi connectivity index (χ1v) is 14.8. The summed E-state index contributed by atoms with van der Waals surface area (Å²) < 4.78 is 18.9. The van der Waals surface area contributed by atoms with Gasteiger partial charge in [0.05, 0.1) is 24.1 Å². The van der Waals surface area contributed by atoms with Crippen LogP contribution < -0.4 is 5.69 Å². The van der Waals surface area contributed by atoms with Crippen molar-refractivity contribution in [3.63, 3.8) is 0 Å². The van der Waals surface area contributed by atoms with E-state index in [-0.39, 0.29) is 43.5 Å². The van der Waals surface area contributed by atoms with Crippen LogP contribution in [0.1, 0.15) is 55.2 Å². The number of fused-ring (bicyclic) bond motifs is 1. The van der Waals surface area contributed by atoms with Crippen LogP contribution in [0.4, 0.5) is 4.79 Å². The summed E-state index contributed by atoms with van der Waals surface area (Å²) in [5.74, 6) is -1.18. The average molecular weight is 636 g/mol. The highest BCUT2D eigenvalue weighted by molar-refractivity contribution is 6.28. The Kier molecular flexibility index (Phi) is 8.70. The van der Waals surface area contributed by atoms with Crippen LogP contribution in [0.5, 0.6) is 0 Å². The van der Waals surface area contributed by atoms with E-state index in [0.717, 1.165) is 5.56 Å². The predicted octanol–water partition coefficient (Wildman–Crippen LogP) is 4.80. The summed E-state index contributed by atoms with van der Waals surface area (Å²) in [6.07, 6.45) is -0.394. The maximum absolute atomic E-state index is 14.4. The number of benzene rings is 2. The van der Waals surface area contributed by atoms with Crippen molar-refractivity contribution < 1.29 is 28.6 Å². The van der Waals surface area contributed by atoms with E-state index in [1.54, 1.807) is 52.0 Å². The molecule has 4 aromatic rings. The van der Waals surface area contributed by atoms with Crippen molar-refractivity contribution in [2.24, 2.45) is 0 Å². The minimum Gasteiger partial charge on any atom is -0.467 e. The van der Waals surface area contributed by atoms with Crippen molar-refractivity contribution in [2.75, 3.05) is 20.2 Å². The van der Waals surface area contributed by atoms with Gasteiger partial charge in [-0.15, -0.1) is 0 Å². The highest BCUT2D eigenvalue weighted by Crippen LogP contribution is 2.35. The smallest absolute Gasteiger partial charge is 0.410 e. The largest absolute Gasteiger partial charge is 0.467 e. The molecule has 1 amide bonds. The van der Waals surface area contributed by atoms with Gasteiger partial charge in [-0.2, -0.15) is 4.98 Å². The van der Waals surface area contributed by atoms with E-state index in [4.69, 9.17) is 25.8 Å². The second kappa shape index (κ2) is 12.4. The van der Waals surface area contributed by atoms with Crippen molar-refractivity contribution in [2.45, 2.75) is 58.3 Å². The van der Waals surface area contributed by atoms with Crippen molar-refractivity contribution >= 4 is 40.8 Å². The molecule has 3 heterocycles. The van der Waals surface area contributed by atoms with Crippen LogP contribution in [0.15, 0.2) is 59.4 Å². The second-order valence-electron chi connectivity index (χ2n) is 11.8. The Balaban J connectivity index is 1.54. The molecule has 1 aliphatic heterocycles. The Labute approximate surface area is 264 Å². The van der Waals surface area contributed by atoms with Gasteiger partial charge in [0.25, 0.3) is 0 Å². The van der Waals surface area contributed by atoms with Gasteiger partial charge in [-0.3, -0.25) is 9.13 Å². The summed E-state index contributed by atoms with van der Waals surface area (Å²) in [4.78, 5) is 63.6. The van der Waals surface area contributed by atoms with Crippen LogP contribution in [-0.2, 0) is 31.2 Å². The number of aromatic nitrogens is 4. The minimum atomic E-state index is -1.50. The fourth-order valence-corrected chi connectivity index (χ4v) is 5.70. The molecular weight excluding hydrogens is 602 g/mol. The molecule has 0 spiro atoms. The number of rotatable bonds is 6. The third-order valence-corrected chi connectivity index (χ3v) is 7.81. The van der Waals surface area contributed by atoms with Gasteiger partial charge in [0, 0.05) is 13.1 Å². The molecule has 2 aromatic heterocycles. The number of carbonyl (C=O) groups excluding carboxylic acids is 3. The fraction of sp³-hybridized carbons (Fsp3) is 0.375. The first kappa shape index (κ1) is 31.7. The monoisotopic (exact) mass is 635 g/mol. The number of methoxy groups -OCH3 is 1. The van der Waals surface area contributed by atoms with Crippen molar-refractivity contribution in [1.82, 2.24) is 24.0 Å². The molecule has 0 radical (unpaired) electrons. The molecule has 12 nitrogen and oxygen atoms in total. The quantitative estimate of drug-likeness (QED) is 0.166. The van der Waals surface area contributed by atoms with Gasteiger partial charge in [-0.1, -0.05) is 30.3 Å². The Hall–Kier alpha value is -4.71. The Morgan fingerprint density at radius 2 is 1.62 bits per heavy atom. The SMILES string of the molecule is COC(=O)C1(n2c(=O)n(-c3ccc(C(=O)OCc4ccccc4)cc3)c3c(C)nc(Cl)nc32)CCN(C(=O)OC(C)(C)C)CC1. The van der Waals surface area contributed by atoms with E-state index in [2.05, 4.69) is 9.97 Å². The zero-order valence-electron chi connectivity index (χ0n) is 25.7. The molecule has 2 aromatic carbocycles. The van der Waals surface area contributed by atoms with Crippen molar-refractivity contribution in [3.8, 4) is 5.69 Å². The number of aryl methyl sites for hydroxylation is 1. The number of amides is 1. The number of carbonyl (C=O) groups is 3. The first-order valence-electron chi connectivity index (χ1n) is 14.4. The average Bonchev–Trinajstić information content (AvgIpc) is 3.31. The molecule has 0 atom stereocenters. The maximum Gasteiger partial charge on any atom is 0.410 e. The zero-order valence-corrected chi connectivity index (χ0v) is 26.5. The third kappa shape index (κ3) is 6.28. The van der Waals surface area contributed by atoms with E-state index < -0.39 is 34.9 Å². The Morgan fingerprint density at radius 1 is 0.978 bits per heavy atom. The lowest BCUT2D eigenvalue weighted by atomic mass is 9.87. The zero-order chi connectivity index (χ0) is 32.5. The van der Waals surface area contributed by atoms with E-state index in [1.807, 2.05) is 30.3 Å². The van der Waals surface area contributed by atoms with Gasteiger partial charge >= 0.3 is 23.7 Å². The summed E-state index contributed by atoms with van der Waals surface area (Å²) in [6.45, 7) is 7.37. The molecule has 13 heteroatoms. The fourth-order valence-electron chi connectivity index (χ4n) is 5.50. The van der Waals surface area contributed by atoms with E-state index >= 15 is 0 Å². The van der Waals surface area contributed by atoms with Gasteiger partial charge < -0.3 is 19.1 Å². The Morgan fingerprint density at radius 3 is 2.22 bits per heavy atom. The normalized spacial score (nSPS) is 14.7. The molecule has 236 valence electrons. The highest BCUT2D eigenvalue weighted by Gasteiger charge is 2.48. The number of hydrogen-bond donors (Lipinski definition) is 0. The molecule has 5 rings (SSSR count). The lowest BCUT2D eigenvalue weighted by Crippen LogP contribution is -2.56.